The maximum absolute atomic E-state index is 14.0. The number of anilines is 1. The molecule has 118 valence electrons. The first kappa shape index (κ1) is 14.5. The van der Waals surface area contributed by atoms with Gasteiger partial charge in [0.05, 0.1) is 5.69 Å². The minimum Gasteiger partial charge on any atom is -0.367 e. The molecule has 1 saturated carbocycles. The van der Waals surface area contributed by atoms with Gasteiger partial charge in [0.1, 0.15) is 5.82 Å². The highest BCUT2D eigenvalue weighted by atomic mass is 35.5. The third kappa shape index (κ3) is 2.77. The van der Waals surface area contributed by atoms with Crippen molar-refractivity contribution in [3.8, 4) is 0 Å². The highest BCUT2D eigenvalue weighted by molar-refractivity contribution is 6.30. The van der Waals surface area contributed by atoms with Gasteiger partial charge < -0.3 is 4.90 Å². The molecule has 2 bridgehead atoms. The van der Waals surface area contributed by atoms with Crippen LogP contribution in [0.3, 0.4) is 0 Å². The van der Waals surface area contributed by atoms with Crippen LogP contribution in [0.15, 0.2) is 30.4 Å². The summed E-state index contributed by atoms with van der Waals surface area (Å²) in [5, 5.41) is 0.462. The third-order valence-corrected chi connectivity index (χ3v) is 5.77. The Balaban J connectivity index is 1.33. The fraction of sp³-hybridized carbons (Fsp3) is 0.556. The molecule has 0 spiro atoms. The standard InChI is InChI=1S/C18H22ClFN2/c19-16-3-4-18(17(20)11-16)22-7-5-21(6-8-22)12-15-10-13-1-2-14(15)9-13/h1-4,11,13-15H,5-10,12H2. The summed E-state index contributed by atoms with van der Waals surface area (Å²) in [6.45, 7) is 5.06. The minimum absolute atomic E-state index is 0.209. The van der Waals surface area contributed by atoms with Gasteiger partial charge in [0.25, 0.3) is 0 Å². The normalized spacial score (nSPS) is 31.2. The zero-order chi connectivity index (χ0) is 15.1. The fourth-order valence-corrected chi connectivity index (χ4v) is 4.50. The second-order valence-corrected chi connectivity index (χ2v) is 7.36. The zero-order valence-corrected chi connectivity index (χ0v) is 13.5. The molecule has 0 N–H and O–H groups in total. The maximum atomic E-state index is 14.0. The van der Waals surface area contributed by atoms with E-state index < -0.39 is 0 Å². The van der Waals surface area contributed by atoms with Gasteiger partial charge in [0.15, 0.2) is 0 Å². The van der Waals surface area contributed by atoms with Crippen molar-refractivity contribution in [3.63, 3.8) is 0 Å². The van der Waals surface area contributed by atoms with Crippen molar-refractivity contribution in [2.75, 3.05) is 37.6 Å². The largest absolute Gasteiger partial charge is 0.367 e. The molecule has 1 saturated heterocycles. The number of benzene rings is 1. The van der Waals surface area contributed by atoms with E-state index in [1.165, 1.54) is 25.5 Å². The molecule has 3 aliphatic rings. The molecule has 3 atom stereocenters. The summed E-state index contributed by atoms with van der Waals surface area (Å²) >= 11 is 5.83. The van der Waals surface area contributed by atoms with E-state index in [4.69, 9.17) is 11.6 Å². The first-order valence-corrected chi connectivity index (χ1v) is 8.67. The Morgan fingerprint density at radius 3 is 2.55 bits per heavy atom. The Morgan fingerprint density at radius 1 is 1.09 bits per heavy atom. The Bertz CT molecular complexity index is 580. The first-order chi connectivity index (χ1) is 10.7. The van der Waals surface area contributed by atoms with Crippen molar-refractivity contribution >= 4 is 17.3 Å². The maximum Gasteiger partial charge on any atom is 0.147 e. The van der Waals surface area contributed by atoms with E-state index in [1.54, 1.807) is 12.1 Å². The highest BCUT2D eigenvalue weighted by Crippen LogP contribution is 2.43. The van der Waals surface area contributed by atoms with Crippen molar-refractivity contribution in [1.82, 2.24) is 4.90 Å². The number of halogens is 2. The Hall–Kier alpha value is -1.06. The van der Waals surface area contributed by atoms with E-state index in [1.807, 2.05) is 0 Å². The lowest BCUT2D eigenvalue weighted by atomic mass is 9.93. The van der Waals surface area contributed by atoms with Crippen LogP contribution < -0.4 is 4.90 Å². The molecule has 0 amide bonds. The van der Waals surface area contributed by atoms with Crippen LogP contribution in [0.25, 0.3) is 0 Å². The molecule has 1 heterocycles. The predicted molar refractivity (Wildman–Crippen MR) is 88.9 cm³/mol. The molecule has 4 heteroatoms. The Labute approximate surface area is 136 Å². The van der Waals surface area contributed by atoms with E-state index in [9.17, 15) is 4.39 Å². The summed E-state index contributed by atoms with van der Waals surface area (Å²) in [6, 6.07) is 4.98. The van der Waals surface area contributed by atoms with Gasteiger partial charge in [-0.2, -0.15) is 0 Å². The number of fused-ring (bicyclic) bond motifs is 2. The van der Waals surface area contributed by atoms with Gasteiger partial charge in [-0.15, -0.1) is 0 Å². The van der Waals surface area contributed by atoms with E-state index >= 15 is 0 Å². The molecule has 2 fully saturated rings. The SMILES string of the molecule is Fc1cc(Cl)ccc1N1CCN(CC2CC3C=CC2C3)CC1. The summed E-state index contributed by atoms with van der Waals surface area (Å²) in [7, 11) is 0. The quantitative estimate of drug-likeness (QED) is 0.781. The monoisotopic (exact) mass is 320 g/mol. The first-order valence-electron chi connectivity index (χ1n) is 8.30. The van der Waals surface area contributed by atoms with Gasteiger partial charge in [-0.1, -0.05) is 23.8 Å². The fourth-order valence-electron chi connectivity index (χ4n) is 4.35. The van der Waals surface area contributed by atoms with Crippen LogP contribution in [0.1, 0.15) is 12.8 Å². The number of allylic oxidation sites excluding steroid dienone is 2. The van der Waals surface area contributed by atoms with Crippen LogP contribution >= 0.6 is 11.6 Å². The summed E-state index contributed by atoms with van der Waals surface area (Å²) < 4.78 is 14.0. The second kappa shape index (κ2) is 5.86. The Morgan fingerprint density at radius 2 is 1.91 bits per heavy atom. The molecule has 1 aromatic rings. The number of hydrogen-bond donors (Lipinski definition) is 0. The number of nitrogens with zero attached hydrogens (tertiary/aromatic N) is 2. The molecule has 0 radical (unpaired) electrons. The number of hydrogen-bond acceptors (Lipinski definition) is 2. The summed E-state index contributed by atoms with van der Waals surface area (Å²) in [5.74, 6) is 2.30. The summed E-state index contributed by atoms with van der Waals surface area (Å²) in [5.41, 5.74) is 0.687. The van der Waals surface area contributed by atoms with Gasteiger partial charge in [0, 0.05) is 37.7 Å². The molecule has 22 heavy (non-hydrogen) atoms. The molecule has 2 nitrogen and oxygen atoms in total. The third-order valence-electron chi connectivity index (χ3n) is 5.53. The van der Waals surface area contributed by atoms with Crippen molar-refractivity contribution in [1.29, 1.82) is 0 Å². The zero-order valence-electron chi connectivity index (χ0n) is 12.7. The van der Waals surface area contributed by atoms with Crippen LogP contribution in [0.2, 0.25) is 5.02 Å². The van der Waals surface area contributed by atoms with Crippen molar-refractivity contribution < 1.29 is 4.39 Å². The summed E-state index contributed by atoms with van der Waals surface area (Å²) in [4.78, 5) is 4.70. The molecule has 4 rings (SSSR count). The van der Waals surface area contributed by atoms with Gasteiger partial charge in [-0.3, -0.25) is 4.90 Å². The minimum atomic E-state index is -0.209. The molecule has 3 unspecified atom stereocenters. The van der Waals surface area contributed by atoms with E-state index in [2.05, 4.69) is 22.0 Å². The lowest BCUT2D eigenvalue weighted by Gasteiger charge is -2.38. The molecular formula is C18H22ClFN2. The van der Waals surface area contributed by atoms with Gasteiger partial charge in [-0.25, -0.2) is 4.39 Å². The van der Waals surface area contributed by atoms with Crippen LogP contribution in [0.4, 0.5) is 10.1 Å². The molecule has 2 aliphatic carbocycles. The molecule has 0 aromatic heterocycles. The van der Waals surface area contributed by atoms with Crippen molar-refractivity contribution in [2.45, 2.75) is 12.8 Å². The summed E-state index contributed by atoms with van der Waals surface area (Å²) in [6.07, 6.45) is 7.58. The van der Waals surface area contributed by atoms with Gasteiger partial charge in [-0.05, 0) is 48.8 Å². The molecule has 1 aromatic carbocycles. The average molecular weight is 321 g/mol. The van der Waals surface area contributed by atoms with Gasteiger partial charge in [0.2, 0.25) is 0 Å². The van der Waals surface area contributed by atoms with Crippen LogP contribution in [-0.4, -0.2) is 37.6 Å². The van der Waals surface area contributed by atoms with Crippen LogP contribution in [-0.2, 0) is 0 Å². The second-order valence-electron chi connectivity index (χ2n) is 6.92. The smallest absolute Gasteiger partial charge is 0.147 e. The van der Waals surface area contributed by atoms with Gasteiger partial charge >= 0.3 is 0 Å². The number of piperazine rings is 1. The van der Waals surface area contributed by atoms with Crippen molar-refractivity contribution in [2.24, 2.45) is 17.8 Å². The van der Waals surface area contributed by atoms with E-state index in [0.29, 0.717) is 10.7 Å². The van der Waals surface area contributed by atoms with Crippen molar-refractivity contribution in [3.05, 3.63) is 41.2 Å². The van der Waals surface area contributed by atoms with E-state index in [-0.39, 0.29) is 5.82 Å². The lowest BCUT2D eigenvalue weighted by molar-refractivity contribution is 0.204. The van der Waals surface area contributed by atoms with E-state index in [0.717, 1.165) is 43.9 Å². The topological polar surface area (TPSA) is 6.48 Å². The molecular weight excluding hydrogens is 299 g/mol. The van der Waals surface area contributed by atoms with Crippen LogP contribution in [0, 0.1) is 23.6 Å². The predicted octanol–water partition coefficient (Wildman–Crippen LogP) is 3.81. The highest BCUT2D eigenvalue weighted by Gasteiger charge is 2.36. The molecule has 1 aliphatic heterocycles. The lowest BCUT2D eigenvalue weighted by Crippen LogP contribution is -2.48. The number of rotatable bonds is 3. The average Bonchev–Trinajstić information content (AvgIpc) is 3.11. The Kier molecular flexibility index (Phi) is 3.87. The van der Waals surface area contributed by atoms with Crippen LogP contribution in [0.5, 0.6) is 0 Å².